The Morgan fingerprint density at radius 2 is 1.67 bits per heavy atom. The summed E-state index contributed by atoms with van der Waals surface area (Å²) in [5.41, 5.74) is 0.203. The maximum Gasteiger partial charge on any atom is 0.345 e. The predicted octanol–water partition coefficient (Wildman–Crippen LogP) is 3.53. The van der Waals surface area contributed by atoms with Crippen molar-refractivity contribution in [3.05, 3.63) is 141 Å². The van der Waals surface area contributed by atoms with Crippen molar-refractivity contribution in [1.82, 2.24) is 15.2 Å². The number of ether oxygens (including phenoxy) is 1. The number of aliphatic hydroxyl groups is 2. The van der Waals surface area contributed by atoms with Crippen molar-refractivity contribution in [2.75, 3.05) is 26.2 Å². The minimum absolute atomic E-state index is 0.0673. The van der Waals surface area contributed by atoms with E-state index < -0.39 is 17.7 Å². The fourth-order valence-electron chi connectivity index (χ4n) is 5.92. The van der Waals surface area contributed by atoms with Crippen LogP contribution in [0.2, 0.25) is 0 Å². The van der Waals surface area contributed by atoms with Gasteiger partial charge in [-0.15, -0.1) is 0 Å². The highest BCUT2D eigenvalue weighted by Gasteiger charge is 2.40. The lowest BCUT2D eigenvalue weighted by Crippen LogP contribution is -2.52. The number of benzene rings is 4. The lowest BCUT2D eigenvalue weighted by atomic mass is 9.86. The van der Waals surface area contributed by atoms with Gasteiger partial charge in [0.25, 0.3) is 5.91 Å². The summed E-state index contributed by atoms with van der Waals surface area (Å²) in [6.45, 7) is 2.05. The molecule has 0 spiro atoms. The number of phenolic OH excluding ortho intramolecular Hbond substituents is 1. The van der Waals surface area contributed by atoms with Crippen LogP contribution >= 0.6 is 0 Å². The Labute approximate surface area is 275 Å². The van der Waals surface area contributed by atoms with Gasteiger partial charge in [-0.25, -0.2) is 4.79 Å². The van der Waals surface area contributed by atoms with Gasteiger partial charge >= 0.3 is 5.97 Å². The van der Waals surface area contributed by atoms with Crippen molar-refractivity contribution in [3.8, 4) is 11.5 Å². The van der Waals surface area contributed by atoms with Crippen LogP contribution in [0.15, 0.2) is 108 Å². The second kappa shape index (κ2) is 13.7. The van der Waals surface area contributed by atoms with E-state index in [1.165, 1.54) is 18.2 Å². The predicted molar refractivity (Wildman–Crippen MR) is 178 cm³/mol. The highest BCUT2D eigenvalue weighted by molar-refractivity contribution is 5.94. The molecular formula is C37H35N3O8. The van der Waals surface area contributed by atoms with Crippen molar-refractivity contribution >= 4 is 22.8 Å². The molecule has 1 fully saturated rings. The van der Waals surface area contributed by atoms with Crippen LogP contribution in [0.1, 0.15) is 38.7 Å². The smallest absolute Gasteiger partial charge is 0.345 e. The first-order valence-electron chi connectivity index (χ1n) is 15.5. The minimum atomic E-state index is -2.22. The topological polar surface area (TPSA) is 172 Å². The molecule has 48 heavy (non-hydrogen) atoms. The molecular weight excluding hydrogens is 614 g/mol. The Kier molecular flexibility index (Phi) is 9.26. The van der Waals surface area contributed by atoms with E-state index in [4.69, 9.17) is 4.74 Å². The zero-order chi connectivity index (χ0) is 33.8. The van der Waals surface area contributed by atoms with E-state index in [2.05, 4.69) is 10.3 Å². The second-order valence-electron chi connectivity index (χ2n) is 11.9. The average Bonchev–Trinajstić information content (AvgIpc) is 3.08. The molecule has 0 radical (unpaired) electrons. The number of aromatic amines is 1. The van der Waals surface area contributed by atoms with Crippen LogP contribution in [0.3, 0.4) is 0 Å². The molecule has 246 valence electrons. The first-order valence-corrected chi connectivity index (χ1v) is 15.5. The van der Waals surface area contributed by atoms with E-state index >= 15 is 0 Å². The molecule has 11 nitrogen and oxygen atoms in total. The lowest BCUT2D eigenvalue weighted by molar-refractivity contribution is -0.155. The summed E-state index contributed by atoms with van der Waals surface area (Å²) >= 11 is 0. The van der Waals surface area contributed by atoms with E-state index in [1.54, 1.807) is 77.7 Å². The van der Waals surface area contributed by atoms with Gasteiger partial charge in [0.15, 0.2) is 0 Å². The number of aromatic hydroxyl groups is 1. The summed E-state index contributed by atoms with van der Waals surface area (Å²) in [4.78, 5) is 41.1. The molecule has 0 saturated carbocycles. The van der Waals surface area contributed by atoms with E-state index in [9.17, 15) is 34.8 Å². The van der Waals surface area contributed by atoms with Gasteiger partial charge in [0.1, 0.15) is 11.5 Å². The highest BCUT2D eigenvalue weighted by Crippen LogP contribution is 2.33. The fourth-order valence-corrected chi connectivity index (χ4v) is 5.92. The molecule has 1 saturated heterocycles. The van der Waals surface area contributed by atoms with Crippen LogP contribution in [0.5, 0.6) is 11.5 Å². The number of nitrogens with one attached hydrogen (secondary N) is 2. The summed E-state index contributed by atoms with van der Waals surface area (Å²) < 4.78 is 5.93. The third-order valence-electron chi connectivity index (χ3n) is 8.62. The number of H-pyrrole nitrogens is 1. The number of carboxylic acid groups (broad SMARTS) is 1. The molecule has 1 aliphatic rings. The fraction of sp³-hybridized carbons (Fsp3) is 0.216. The molecule has 4 aromatic carbocycles. The molecule has 5 aromatic rings. The number of pyridine rings is 1. The number of carboxylic acids is 1. The number of carbonyl (C=O) groups is 2. The number of rotatable bonds is 12. The maximum absolute atomic E-state index is 13.0. The van der Waals surface area contributed by atoms with Gasteiger partial charge in [0.05, 0.1) is 18.2 Å². The Morgan fingerprint density at radius 1 is 0.938 bits per heavy atom. The standard InChI is InChI=1S/C37H35N3O8/c41-31-15-13-29(30-14-16-33(43)39-34(30)31)32(42)19-38-18-23-9-11-25(12-10-23)35(44)40-20-24(21-40)22-48-28-8-4-7-27(17-28)37(47,36(45)46)26-5-2-1-3-6-26/h1-17,24,32,38,41-42,47H,18-22H2,(H,39,43)(H,45,46)/t32-,37?/m0/s1. The zero-order valence-electron chi connectivity index (χ0n) is 25.9. The number of likely N-dealkylation sites (tertiary alicyclic amines) is 1. The summed E-state index contributed by atoms with van der Waals surface area (Å²) in [5, 5.41) is 45.6. The van der Waals surface area contributed by atoms with Gasteiger partial charge in [-0.05, 0) is 53.1 Å². The Hall–Kier alpha value is -5.49. The maximum atomic E-state index is 13.0. The molecule has 1 unspecified atom stereocenters. The second-order valence-corrected chi connectivity index (χ2v) is 11.9. The lowest BCUT2D eigenvalue weighted by Gasteiger charge is -2.39. The van der Waals surface area contributed by atoms with Gasteiger partial charge in [-0.2, -0.15) is 0 Å². The molecule has 1 amide bonds. The first-order chi connectivity index (χ1) is 23.1. The van der Waals surface area contributed by atoms with E-state index in [-0.39, 0.29) is 46.3 Å². The molecule has 2 atom stereocenters. The third kappa shape index (κ3) is 6.65. The molecule has 6 N–H and O–H groups in total. The molecule has 6 rings (SSSR count). The van der Waals surface area contributed by atoms with Crippen molar-refractivity contribution in [2.45, 2.75) is 18.2 Å². The minimum Gasteiger partial charge on any atom is -0.506 e. The van der Waals surface area contributed by atoms with E-state index in [0.29, 0.717) is 48.5 Å². The number of aromatic nitrogens is 1. The monoisotopic (exact) mass is 649 g/mol. The summed E-state index contributed by atoms with van der Waals surface area (Å²) in [5.74, 6) is -1.01. The first kappa shape index (κ1) is 32.5. The third-order valence-corrected chi connectivity index (χ3v) is 8.62. The van der Waals surface area contributed by atoms with Crippen molar-refractivity contribution in [2.24, 2.45) is 5.92 Å². The number of fused-ring (bicyclic) bond motifs is 1. The van der Waals surface area contributed by atoms with Crippen LogP contribution in [-0.4, -0.2) is 68.4 Å². The molecule has 1 aliphatic heterocycles. The van der Waals surface area contributed by atoms with Gasteiger partial charge in [0.2, 0.25) is 11.2 Å². The van der Waals surface area contributed by atoms with E-state index in [1.807, 2.05) is 12.1 Å². The molecule has 0 aliphatic carbocycles. The summed E-state index contributed by atoms with van der Waals surface area (Å²) in [6, 6.07) is 27.9. The Balaban J connectivity index is 0.976. The molecule has 2 heterocycles. The quantitative estimate of drug-likeness (QED) is 0.118. The van der Waals surface area contributed by atoms with Crippen molar-refractivity contribution in [3.63, 3.8) is 0 Å². The number of carbonyl (C=O) groups excluding carboxylic acids is 1. The molecule has 11 heteroatoms. The van der Waals surface area contributed by atoms with Crippen molar-refractivity contribution in [1.29, 1.82) is 0 Å². The molecule has 0 bridgehead atoms. The highest BCUT2D eigenvalue weighted by atomic mass is 16.5. The number of phenols is 1. The van der Waals surface area contributed by atoms with Crippen LogP contribution in [0, 0.1) is 5.92 Å². The van der Waals surface area contributed by atoms with Crippen LogP contribution in [-0.2, 0) is 16.9 Å². The number of hydrogen-bond donors (Lipinski definition) is 6. The SMILES string of the molecule is O=C(c1ccc(CNC[C@H](O)c2ccc(O)c3[nH]c(=O)ccc23)cc1)N1CC(COc2cccc(C(O)(C(=O)O)c3ccccc3)c2)C1. The average molecular weight is 650 g/mol. The summed E-state index contributed by atoms with van der Waals surface area (Å²) in [6.07, 6.45) is -0.880. The number of hydrogen-bond acceptors (Lipinski definition) is 8. The van der Waals surface area contributed by atoms with Gasteiger partial charge < -0.3 is 40.4 Å². The zero-order valence-corrected chi connectivity index (χ0v) is 25.9. The number of aliphatic hydroxyl groups excluding tert-OH is 1. The normalized spacial score (nSPS) is 15.0. The van der Waals surface area contributed by atoms with Crippen LogP contribution in [0.4, 0.5) is 0 Å². The van der Waals surface area contributed by atoms with Gasteiger partial charge in [-0.3, -0.25) is 9.59 Å². The number of amides is 1. The van der Waals surface area contributed by atoms with Gasteiger partial charge in [-0.1, -0.05) is 60.7 Å². The Bertz CT molecular complexity index is 1990. The number of aliphatic carboxylic acids is 1. The van der Waals surface area contributed by atoms with Crippen LogP contribution < -0.4 is 15.6 Å². The Morgan fingerprint density at radius 3 is 2.40 bits per heavy atom. The van der Waals surface area contributed by atoms with Crippen LogP contribution in [0.25, 0.3) is 10.9 Å². The largest absolute Gasteiger partial charge is 0.506 e. The summed E-state index contributed by atoms with van der Waals surface area (Å²) in [7, 11) is 0. The van der Waals surface area contributed by atoms with E-state index in [0.717, 1.165) is 5.56 Å². The molecule has 1 aromatic heterocycles. The van der Waals surface area contributed by atoms with Crippen molar-refractivity contribution < 1.29 is 34.8 Å². The van der Waals surface area contributed by atoms with Gasteiger partial charge in [0, 0.05) is 54.7 Å². The number of nitrogens with zero attached hydrogens (tertiary/aromatic N) is 1.